The predicted octanol–water partition coefficient (Wildman–Crippen LogP) is 2.36. The fourth-order valence-electron chi connectivity index (χ4n) is 3.82. The maximum atomic E-state index is 13.4. The molecule has 0 saturated carbocycles. The normalized spacial score (nSPS) is 17.8. The molecule has 2 amide bonds. The quantitative estimate of drug-likeness (QED) is 0.710. The number of halogens is 1. The number of rotatable bonds is 5. The minimum Gasteiger partial charge on any atom is -0.497 e. The van der Waals surface area contributed by atoms with E-state index in [1.165, 1.54) is 17.0 Å². The molecule has 0 aromatic heterocycles. The van der Waals surface area contributed by atoms with Gasteiger partial charge in [0.1, 0.15) is 17.3 Å². The van der Waals surface area contributed by atoms with Gasteiger partial charge in [-0.3, -0.25) is 14.5 Å². The molecule has 6 nitrogen and oxygen atoms in total. The molecule has 0 bridgehead atoms. The van der Waals surface area contributed by atoms with Gasteiger partial charge in [0.2, 0.25) is 0 Å². The summed E-state index contributed by atoms with van der Waals surface area (Å²) < 4.78 is 18.5. The van der Waals surface area contributed by atoms with Gasteiger partial charge >= 0.3 is 0 Å². The van der Waals surface area contributed by atoms with Crippen LogP contribution in [0.15, 0.2) is 54.2 Å². The number of amides is 2. The van der Waals surface area contributed by atoms with Crippen LogP contribution >= 0.6 is 0 Å². The third kappa shape index (κ3) is 3.80. The van der Waals surface area contributed by atoms with Crippen LogP contribution in [0.3, 0.4) is 0 Å². The van der Waals surface area contributed by atoms with Crippen LogP contribution in [-0.2, 0) is 16.1 Å². The molecule has 7 heteroatoms. The lowest BCUT2D eigenvalue weighted by Gasteiger charge is -2.34. The standard InChI is InChI=1S/C23H24FN3O3/c1-25-11-13-26(14-12-25)21-20(17-5-9-19(30-2)10-6-17)22(28)27(23(21)29)15-16-3-7-18(24)8-4-16/h3-10H,11-15H2,1-2H3. The van der Waals surface area contributed by atoms with Crippen molar-refractivity contribution in [3.8, 4) is 5.75 Å². The first-order valence-corrected chi connectivity index (χ1v) is 9.91. The smallest absolute Gasteiger partial charge is 0.278 e. The highest BCUT2D eigenvalue weighted by Gasteiger charge is 2.42. The zero-order valence-corrected chi connectivity index (χ0v) is 17.1. The molecule has 30 heavy (non-hydrogen) atoms. The van der Waals surface area contributed by atoms with Crippen LogP contribution in [0, 0.1) is 5.82 Å². The van der Waals surface area contributed by atoms with E-state index < -0.39 is 0 Å². The molecular weight excluding hydrogens is 385 g/mol. The van der Waals surface area contributed by atoms with Crippen molar-refractivity contribution >= 4 is 17.4 Å². The highest BCUT2D eigenvalue weighted by atomic mass is 19.1. The Labute approximate surface area is 175 Å². The second-order valence-corrected chi connectivity index (χ2v) is 7.57. The average molecular weight is 409 g/mol. The zero-order valence-electron chi connectivity index (χ0n) is 17.1. The summed E-state index contributed by atoms with van der Waals surface area (Å²) in [6.07, 6.45) is 0. The van der Waals surface area contributed by atoms with Crippen molar-refractivity contribution in [3.05, 3.63) is 71.2 Å². The van der Waals surface area contributed by atoms with Gasteiger partial charge in [-0.2, -0.15) is 0 Å². The zero-order chi connectivity index (χ0) is 21.3. The molecule has 0 atom stereocenters. The van der Waals surface area contributed by atoms with Gasteiger partial charge in [0.25, 0.3) is 11.8 Å². The second-order valence-electron chi connectivity index (χ2n) is 7.57. The first-order chi connectivity index (χ1) is 14.5. The van der Waals surface area contributed by atoms with Crippen LogP contribution in [-0.4, -0.2) is 66.9 Å². The summed E-state index contributed by atoms with van der Waals surface area (Å²) >= 11 is 0. The Balaban J connectivity index is 1.70. The molecule has 0 spiro atoms. The van der Waals surface area contributed by atoms with Crippen molar-refractivity contribution < 1.29 is 18.7 Å². The third-order valence-corrected chi connectivity index (χ3v) is 5.60. The van der Waals surface area contributed by atoms with E-state index in [4.69, 9.17) is 4.74 Å². The molecule has 0 N–H and O–H groups in total. The summed E-state index contributed by atoms with van der Waals surface area (Å²) in [5.74, 6) is -0.309. The Morgan fingerprint density at radius 3 is 2.13 bits per heavy atom. The number of carbonyl (C=O) groups excluding carboxylic acids is 2. The summed E-state index contributed by atoms with van der Waals surface area (Å²) in [5.41, 5.74) is 2.24. The van der Waals surface area contributed by atoms with Crippen molar-refractivity contribution in [2.45, 2.75) is 6.54 Å². The topological polar surface area (TPSA) is 53.1 Å². The summed E-state index contributed by atoms with van der Waals surface area (Å²) in [7, 11) is 3.62. The highest BCUT2D eigenvalue weighted by Crippen LogP contribution is 2.33. The Morgan fingerprint density at radius 2 is 1.53 bits per heavy atom. The number of imide groups is 1. The monoisotopic (exact) mass is 409 g/mol. The third-order valence-electron chi connectivity index (χ3n) is 5.60. The lowest BCUT2D eigenvalue weighted by atomic mass is 10.0. The number of nitrogens with zero attached hydrogens (tertiary/aromatic N) is 3. The maximum Gasteiger partial charge on any atom is 0.278 e. The van der Waals surface area contributed by atoms with Crippen molar-refractivity contribution in [2.24, 2.45) is 0 Å². The largest absolute Gasteiger partial charge is 0.497 e. The second kappa shape index (κ2) is 8.28. The summed E-state index contributed by atoms with van der Waals surface area (Å²) in [5, 5.41) is 0. The summed E-state index contributed by atoms with van der Waals surface area (Å²) in [4.78, 5) is 32.2. The van der Waals surface area contributed by atoms with Crippen molar-refractivity contribution in [2.75, 3.05) is 40.3 Å². The van der Waals surface area contributed by atoms with E-state index in [0.717, 1.165) is 13.1 Å². The van der Waals surface area contributed by atoms with Gasteiger partial charge in [-0.25, -0.2) is 4.39 Å². The molecule has 1 fully saturated rings. The molecule has 2 heterocycles. The summed E-state index contributed by atoms with van der Waals surface area (Å²) in [6, 6.07) is 13.0. The van der Waals surface area contributed by atoms with E-state index in [9.17, 15) is 14.0 Å². The minimum atomic E-state index is -0.354. The van der Waals surface area contributed by atoms with Crippen LogP contribution in [0.4, 0.5) is 4.39 Å². The highest BCUT2D eigenvalue weighted by molar-refractivity contribution is 6.35. The van der Waals surface area contributed by atoms with Crippen LogP contribution in [0.25, 0.3) is 5.57 Å². The van der Waals surface area contributed by atoms with Crippen LogP contribution in [0.5, 0.6) is 5.75 Å². The van der Waals surface area contributed by atoms with Gasteiger partial charge in [0.05, 0.1) is 19.2 Å². The number of carbonyl (C=O) groups is 2. The number of benzene rings is 2. The van der Waals surface area contributed by atoms with E-state index in [0.29, 0.717) is 41.2 Å². The molecule has 0 radical (unpaired) electrons. The summed E-state index contributed by atoms with van der Waals surface area (Å²) in [6.45, 7) is 3.09. The van der Waals surface area contributed by atoms with Gasteiger partial charge in [0, 0.05) is 26.2 Å². The molecule has 156 valence electrons. The minimum absolute atomic E-state index is 0.106. The first kappa shape index (κ1) is 20.1. The Bertz CT molecular complexity index is 978. The molecule has 2 aliphatic rings. The van der Waals surface area contributed by atoms with Crippen LogP contribution < -0.4 is 4.74 Å². The number of hydrogen-bond acceptors (Lipinski definition) is 5. The molecule has 4 rings (SSSR count). The predicted molar refractivity (Wildman–Crippen MR) is 111 cm³/mol. The molecule has 2 aliphatic heterocycles. The van der Waals surface area contributed by atoms with E-state index >= 15 is 0 Å². The van der Waals surface area contributed by atoms with Crippen molar-refractivity contribution in [1.82, 2.24) is 14.7 Å². The van der Waals surface area contributed by atoms with Crippen molar-refractivity contribution in [1.29, 1.82) is 0 Å². The lowest BCUT2D eigenvalue weighted by molar-refractivity contribution is -0.138. The van der Waals surface area contributed by atoms with Crippen molar-refractivity contribution in [3.63, 3.8) is 0 Å². The van der Waals surface area contributed by atoms with Gasteiger partial charge in [0.15, 0.2) is 0 Å². The molecule has 2 aromatic carbocycles. The molecular formula is C23H24FN3O3. The Kier molecular flexibility index (Phi) is 5.55. The Hall–Kier alpha value is -3.19. The SMILES string of the molecule is COc1ccc(C2=C(N3CCN(C)CC3)C(=O)N(Cc3ccc(F)cc3)C2=O)cc1. The fourth-order valence-corrected chi connectivity index (χ4v) is 3.82. The van der Waals surface area contributed by atoms with E-state index in [2.05, 4.69) is 4.90 Å². The first-order valence-electron chi connectivity index (χ1n) is 9.91. The average Bonchev–Trinajstić information content (AvgIpc) is 3.00. The van der Waals surface area contributed by atoms with Crippen LogP contribution in [0.2, 0.25) is 0 Å². The molecule has 0 aliphatic carbocycles. The Morgan fingerprint density at radius 1 is 0.900 bits per heavy atom. The maximum absolute atomic E-state index is 13.4. The number of ether oxygens (including phenoxy) is 1. The lowest BCUT2D eigenvalue weighted by Crippen LogP contribution is -2.46. The van der Waals surface area contributed by atoms with E-state index in [1.807, 2.05) is 11.9 Å². The number of piperazine rings is 1. The fraction of sp³-hybridized carbons (Fsp3) is 0.304. The van der Waals surface area contributed by atoms with Gasteiger partial charge < -0.3 is 14.5 Å². The molecule has 1 saturated heterocycles. The van der Waals surface area contributed by atoms with Gasteiger partial charge in [-0.1, -0.05) is 24.3 Å². The van der Waals surface area contributed by atoms with E-state index in [1.54, 1.807) is 43.5 Å². The van der Waals surface area contributed by atoms with Crippen LogP contribution in [0.1, 0.15) is 11.1 Å². The van der Waals surface area contributed by atoms with Gasteiger partial charge in [-0.15, -0.1) is 0 Å². The number of hydrogen-bond donors (Lipinski definition) is 0. The molecule has 0 unspecified atom stereocenters. The van der Waals surface area contributed by atoms with E-state index in [-0.39, 0.29) is 24.2 Å². The molecule has 2 aromatic rings. The number of likely N-dealkylation sites (N-methyl/N-ethyl adjacent to an activating group) is 1. The van der Waals surface area contributed by atoms with Gasteiger partial charge in [-0.05, 0) is 42.4 Å². The number of methoxy groups -OCH3 is 1.